The quantitative estimate of drug-likeness (QED) is 0.942. The maximum Gasteiger partial charge on any atom is 0.223 e. The number of hydrogen-bond acceptors (Lipinski definition) is 3. The second-order valence-electron chi connectivity index (χ2n) is 5.69. The lowest BCUT2D eigenvalue weighted by Gasteiger charge is -2.15. The van der Waals surface area contributed by atoms with Crippen molar-refractivity contribution < 1.29 is 9.59 Å². The van der Waals surface area contributed by atoms with Crippen LogP contribution in [-0.4, -0.2) is 23.3 Å². The molecule has 2 amide bonds. The van der Waals surface area contributed by atoms with Gasteiger partial charge in [-0.1, -0.05) is 24.3 Å². The Kier molecular flexibility index (Phi) is 4.37. The van der Waals surface area contributed by atoms with Gasteiger partial charge >= 0.3 is 0 Å². The van der Waals surface area contributed by atoms with E-state index < -0.39 is 0 Å². The molecule has 1 aliphatic rings. The van der Waals surface area contributed by atoms with Crippen LogP contribution in [-0.2, 0) is 16.1 Å². The predicted molar refractivity (Wildman–Crippen MR) is 87.9 cm³/mol. The molecule has 0 spiro atoms. The Labute approximate surface area is 135 Å². The van der Waals surface area contributed by atoms with Crippen LogP contribution in [0.5, 0.6) is 0 Å². The molecule has 3 rings (SSSR count). The number of fused-ring (bicyclic) bond motifs is 1. The Bertz CT molecular complexity index is 715. The number of anilines is 1. The van der Waals surface area contributed by atoms with E-state index in [1.807, 2.05) is 42.5 Å². The largest absolute Gasteiger partial charge is 0.350 e. The van der Waals surface area contributed by atoms with Crippen LogP contribution in [0.1, 0.15) is 30.5 Å². The Hall–Kier alpha value is -2.69. The summed E-state index contributed by atoms with van der Waals surface area (Å²) >= 11 is 0. The summed E-state index contributed by atoms with van der Waals surface area (Å²) in [5.41, 5.74) is 2.82. The fraction of sp³-hybridized carbons (Fsp3) is 0.278. The number of nitrogens with one attached hydrogen (secondary N) is 1. The molecule has 5 heteroatoms. The van der Waals surface area contributed by atoms with Crippen LogP contribution < -0.4 is 10.2 Å². The molecule has 0 saturated heterocycles. The molecule has 23 heavy (non-hydrogen) atoms. The van der Waals surface area contributed by atoms with E-state index in [0.29, 0.717) is 19.5 Å². The third-order valence-corrected chi connectivity index (χ3v) is 4.08. The Balaban J connectivity index is 1.64. The van der Waals surface area contributed by atoms with E-state index in [-0.39, 0.29) is 17.7 Å². The molecule has 0 fully saturated rings. The molecule has 118 valence electrons. The number of hydrogen-bond donors (Lipinski definition) is 1. The predicted octanol–water partition coefficient (Wildman–Crippen LogP) is 2.24. The average molecular weight is 309 g/mol. The Morgan fingerprint density at radius 3 is 2.74 bits per heavy atom. The van der Waals surface area contributed by atoms with Gasteiger partial charge in [-0.3, -0.25) is 14.6 Å². The molecule has 1 aliphatic heterocycles. The normalized spacial score (nSPS) is 16.0. The van der Waals surface area contributed by atoms with Crippen LogP contribution in [0.25, 0.3) is 0 Å². The summed E-state index contributed by atoms with van der Waals surface area (Å²) in [6, 6.07) is 13.4. The van der Waals surface area contributed by atoms with Gasteiger partial charge in [0.05, 0.1) is 12.2 Å². The van der Waals surface area contributed by atoms with E-state index in [1.54, 1.807) is 18.0 Å². The van der Waals surface area contributed by atoms with Gasteiger partial charge in [-0.2, -0.15) is 0 Å². The SMILES string of the molecule is CC(=O)N1CC(CC(=O)NCc2ccccn2)c2ccccc21. The molecule has 1 aromatic heterocycles. The van der Waals surface area contributed by atoms with Crippen molar-refractivity contribution in [2.45, 2.75) is 25.8 Å². The summed E-state index contributed by atoms with van der Waals surface area (Å²) in [7, 11) is 0. The smallest absolute Gasteiger partial charge is 0.223 e. The van der Waals surface area contributed by atoms with Crippen molar-refractivity contribution in [3.63, 3.8) is 0 Å². The fourth-order valence-corrected chi connectivity index (χ4v) is 2.96. The number of amides is 2. The van der Waals surface area contributed by atoms with Gasteiger partial charge in [0.15, 0.2) is 0 Å². The summed E-state index contributed by atoms with van der Waals surface area (Å²) < 4.78 is 0. The van der Waals surface area contributed by atoms with E-state index in [0.717, 1.165) is 16.9 Å². The Morgan fingerprint density at radius 1 is 1.22 bits per heavy atom. The first-order valence-corrected chi connectivity index (χ1v) is 7.69. The maximum absolute atomic E-state index is 12.2. The van der Waals surface area contributed by atoms with Crippen molar-refractivity contribution in [1.82, 2.24) is 10.3 Å². The van der Waals surface area contributed by atoms with Gasteiger partial charge in [-0.25, -0.2) is 0 Å². The highest BCUT2D eigenvalue weighted by molar-refractivity contribution is 5.94. The van der Waals surface area contributed by atoms with Crippen molar-refractivity contribution >= 4 is 17.5 Å². The first kappa shape index (κ1) is 15.2. The van der Waals surface area contributed by atoms with Crippen molar-refractivity contribution in [3.8, 4) is 0 Å². The molecule has 0 bridgehead atoms. The first-order chi connectivity index (χ1) is 11.1. The standard InChI is InChI=1S/C18H19N3O2/c1-13(22)21-12-14(16-7-2-3-8-17(16)21)10-18(23)20-11-15-6-4-5-9-19-15/h2-9,14H,10-12H2,1H3,(H,20,23). The summed E-state index contributed by atoms with van der Waals surface area (Å²) in [5, 5.41) is 2.90. The Morgan fingerprint density at radius 2 is 2.00 bits per heavy atom. The van der Waals surface area contributed by atoms with Gasteiger partial charge in [0, 0.05) is 37.7 Å². The molecular weight excluding hydrogens is 290 g/mol. The number of benzene rings is 1. The van der Waals surface area contributed by atoms with E-state index in [9.17, 15) is 9.59 Å². The molecule has 2 aromatic rings. The maximum atomic E-state index is 12.2. The van der Waals surface area contributed by atoms with E-state index in [4.69, 9.17) is 0 Å². The summed E-state index contributed by atoms with van der Waals surface area (Å²) in [6.45, 7) is 2.54. The van der Waals surface area contributed by atoms with E-state index in [2.05, 4.69) is 10.3 Å². The number of carbonyl (C=O) groups excluding carboxylic acids is 2. The summed E-state index contributed by atoms with van der Waals surface area (Å²) in [5.74, 6) is 0.0218. The molecule has 5 nitrogen and oxygen atoms in total. The van der Waals surface area contributed by atoms with Gasteiger partial charge < -0.3 is 10.2 Å². The van der Waals surface area contributed by atoms with Crippen LogP contribution in [0.4, 0.5) is 5.69 Å². The first-order valence-electron chi connectivity index (χ1n) is 7.69. The number of para-hydroxylation sites is 1. The number of rotatable bonds is 4. The molecular formula is C18H19N3O2. The summed E-state index contributed by atoms with van der Waals surface area (Å²) in [6.07, 6.45) is 2.08. The van der Waals surface area contributed by atoms with Crippen molar-refractivity contribution in [3.05, 3.63) is 59.9 Å². The van der Waals surface area contributed by atoms with E-state index in [1.165, 1.54) is 0 Å². The van der Waals surface area contributed by atoms with Gasteiger partial charge in [-0.15, -0.1) is 0 Å². The lowest BCUT2D eigenvalue weighted by atomic mass is 9.97. The van der Waals surface area contributed by atoms with Gasteiger partial charge in [0.25, 0.3) is 0 Å². The zero-order valence-corrected chi connectivity index (χ0v) is 13.0. The van der Waals surface area contributed by atoms with Gasteiger partial charge in [0.2, 0.25) is 11.8 Å². The second-order valence-corrected chi connectivity index (χ2v) is 5.69. The molecule has 1 aromatic carbocycles. The van der Waals surface area contributed by atoms with Crippen LogP contribution >= 0.6 is 0 Å². The minimum atomic E-state index is -0.0270. The molecule has 1 N–H and O–H groups in total. The van der Waals surface area contributed by atoms with Crippen molar-refractivity contribution in [2.24, 2.45) is 0 Å². The van der Waals surface area contributed by atoms with E-state index >= 15 is 0 Å². The third-order valence-electron chi connectivity index (χ3n) is 4.08. The molecule has 1 unspecified atom stereocenters. The van der Waals surface area contributed by atoms with Gasteiger partial charge in [-0.05, 0) is 23.8 Å². The zero-order chi connectivity index (χ0) is 16.2. The number of pyridine rings is 1. The topological polar surface area (TPSA) is 62.3 Å². The van der Waals surface area contributed by atoms with Crippen LogP contribution in [0.15, 0.2) is 48.7 Å². The van der Waals surface area contributed by atoms with Crippen LogP contribution in [0.2, 0.25) is 0 Å². The van der Waals surface area contributed by atoms with Crippen molar-refractivity contribution in [1.29, 1.82) is 0 Å². The molecule has 0 radical (unpaired) electrons. The zero-order valence-electron chi connectivity index (χ0n) is 13.0. The lowest BCUT2D eigenvalue weighted by Crippen LogP contribution is -2.29. The fourth-order valence-electron chi connectivity index (χ4n) is 2.96. The molecule has 0 aliphatic carbocycles. The second kappa shape index (κ2) is 6.60. The van der Waals surface area contributed by atoms with Crippen molar-refractivity contribution in [2.75, 3.05) is 11.4 Å². The highest BCUT2D eigenvalue weighted by atomic mass is 16.2. The number of aromatic nitrogens is 1. The number of carbonyl (C=O) groups is 2. The third kappa shape index (κ3) is 3.39. The minimum Gasteiger partial charge on any atom is -0.350 e. The number of nitrogens with zero attached hydrogens (tertiary/aromatic N) is 2. The molecule has 2 heterocycles. The van der Waals surface area contributed by atoms with Crippen LogP contribution in [0, 0.1) is 0 Å². The average Bonchev–Trinajstić information content (AvgIpc) is 2.93. The highest BCUT2D eigenvalue weighted by Crippen LogP contribution is 2.37. The lowest BCUT2D eigenvalue weighted by molar-refractivity contribution is -0.122. The monoisotopic (exact) mass is 309 g/mol. The summed E-state index contributed by atoms with van der Waals surface area (Å²) in [4.78, 5) is 29.9. The minimum absolute atomic E-state index is 0.00819. The highest BCUT2D eigenvalue weighted by Gasteiger charge is 2.31. The molecule has 1 atom stereocenters. The molecule has 0 saturated carbocycles. The van der Waals surface area contributed by atoms with Gasteiger partial charge in [0.1, 0.15) is 0 Å². The van der Waals surface area contributed by atoms with Crippen LogP contribution in [0.3, 0.4) is 0 Å².